The van der Waals surface area contributed by atoms with Crippen molar-refractivity contribution >= 4 is 40.6 Å². The first kappa shape index (κ1) is 21.1. The number of nitro groups is 1. The highest BCUT2D eigenvalue weighted by Gasteiger charge is 2.18. The van der Waals surface area contributed by atoms with Crippen LogP contribution in [-0.4, -0.2) is 30.0 Å². The number of nitrogens with zero attached hydrogens (tertiary/aromatic N) is 3. The summed E-state index contributed by atoms with van der Waals surface area (Å²) < 4.78 is 0. The van der Waals surface area contributed by atoms with Crippen molar-refractivity contribution in [3.8, 4) is 0 Å². The third-order valence-corrected chi connectivity index (χ3v) is 4.95. The van der Waals surface area contributed by atoms with Crippen LogP contribution in [0, 0.1) is 10.1 Å². The molecule has 2 aromatic carbocycles. The number of piperidine rings is 1. The summed E-state index contributed by atoms with van der Waals surface area (Å²) in [5, 5.41) is 12.2. The lowest BCUT2D eigenvalue weighted by Crippen LogP contribution is -2.48. The number of benzene rings is 2. The third-order valence-electron chi connectivity index (χ3n) is 4.69. The molecule has 3 amide bonds. The van der Waals surface area contributed by atoms with Gasteiger partial charge in [0.1, 0.15) is 0 Å². The van der Waals surface area contributed by atoms with Crippen LogP contribution < -0.4 is 21.1 Å². The number of urea groups is 1. The van der Waals surface area contributed by atoms with Gasteiger partial charge in [0.2, 0.25) is 0 Å². The molecule has 1 saturated heterocycles. The minimum atomic E-state index is -0.822. The predicted molar refractivity (Wildman–Crippen MR) is 114 cm³/mol. The highest BCUT2D eigenvalue weighted by atomic mass is 35.5. The first-order chi connectivity index (χ1) is 14.3. The van der Waals surface area contributed by atoms with Crippen LogP contribution in [0.25, 0.3) is 0 Å². The molecule has 30 heavy (non-hydrogen) atoms. The summed E-state index contributed by atoms with van der Waals surface area (Å²) in [6.45, 7) is 1.35. The number of nitrogens with one attached hydrogen (secondary N) is 1. The van der Waals surface area contributed by atoms with E-state index in [1.54, 1.807) is 36.4 Å². The van der Waals surface area contributed by atoms with Crippen LogP contribution in [0.3, 0.4) is 0 Å². The van der Waals surface area contributed by atoms with Gasteiger partial charge >= 0.3 is 6.03 Å². The number of halogens is 1. The van der Waals surface area contributed by atoms with E-state index in [2.05, 4.69) is 10.3 Å². The molecule has 1 aliphatic heterocycles. The van der Waals surface area contributed by atoms with Gasteiger partial charge in [-0.25, -0.2) is 9.80 Å². The molecule has 0 aliphatic carbocycles. The van der Waals surface area contributed by atoms with Crippen molar-refractivity contribution in [2.45, 2.75) is 12.8 Å². The second-order valence-corrected chi connectivity index (χ2v) is 7.13. The molecule has 1 aliphatic rings. The van der Waals surface area contributed by atoms with Gasteiger partial charge in [0.25, 0.3) is 11.6 Å². The number of nitrogens with two attached hydrogens (primary N) is 1. The Morgan fingerprint density at radius 3 is 2.23 bits per heavy atom. The second-order valence-electron chi connectivity index (χ2n) is 6.69. The minimum absolute atomic E-state index is 0.0488. The first-order valence-corrected chi connectivity index (χ1v) is 9.56. The number of carbonyl (C=O) groups excluding carboxylic acids is 2. The van der Waals surface area contributed by atoms with Crippen molar-refractivity contribution in [1.29, 1.82) is 0 Å². The van der Waals surface area contributed by atoms with Gasteiger partial charge in [0.15, 0.2) is 0 Å². The van der Waals surface area contributed by atoms with Gasteiger partial charge in [-0.15, -0.1) is 0 Å². The number of amides is 3. The highest BCUT2D eigenvalue weighted by Crippen LogP contribution is 2.25. The molecular weight excluding hydrogens is 410 g/mol. The fraction of sp³-hybridized carbons (Fsp3) is 0.200. The molecule has 3 rings (SSSR count). The summed E-state index contributed by atoms with van der Waals surface area (Å²) in [7, 11) is 0. The number of non-ortho nitro benzene ring substituents is 1. The monoisotopic (exact) mass is 429 g/mol. The maximum absolute atomic E-state index is 12.4. The van der Waals surface area contributed by atoms with E-state index in [9.17, 15) is 19.7 Å². The Morgan fingerprint density at radius 2 is 1.70 bits per heavy atom. The third kappa shape index (κ3) is 5.26. The summed E-state index contributed by atoms with van der Waals surface area (Å²) in [6.07, 6.45) is 2.78. The Hall–Kier alpha value is -3.59. The molecule has 0 aromatic heterocycles. The summed E-state index contributed by atoms with van der Waals surface area (Å²) >= 11 is 5.84. The normalized spacial score (nSPS) is 13.5. The molecule has 0 radical (unpaired) electrons. The van der Waals surface area contributed by atoms with E-state index in [4.69, 9.17) is 17.3 Å². The van der Waals surface area contributed by atoms with Gasteiger partial charge in [-0.2, -0.15) is 0 Å². The largest absolute Gasteiger partial charge is 0.371 e. The Bertz CT molecular complexity index is 966. The molecule has 0 unspecified atom stereocenters. The topological polar surface area (TPSA) is 122 Å². The summed E-state index contributed by atoms with van der Waals surface area (Å²) in [5.74, 6) is -0.456. The summed E-state index contributed by atoms with van der Waals surface area (Å²) in [6, 6.07) is 11.9. The molecule has 0 saturated carbocycles. The van der Waals surface area contributed by atoms with Crippen molar-refractivity contribution < 1.29 is 14.5 Å². The average Bonchev–Trinajstić information content (AvgIpc) is 2.73. The Labute approximate surface area is 177 Å². The van der Waals surface area contributed by atoms with Crippen molar-refractivity contribution in [1.82, 2.24) is 5.43 Å². The van der Waals surface area contributed by atoms with Crippen LogP contribution in [0.5, 0.6) is 0 Å². The number of hydrogen-bond acceptors (Lipinski definition) is 5. The van der Waals surface area contributed by atoms with Gasteiger partial charge in [0.05, 0.1) is 10.6 Å². The van der Waals surface area contributed by atoms with Crippen LogP contribution in [-0.2, 0) is 4.79 Å². The van der Waals surface area contributed by atoms with E-state index in [1.165, 1.54) is 18.2 Å². The molecule has 9 nitrogen and oxygen atoms in total. The van der Waals surface area contributed by atoms with Crippen molar-refractivity contribution in [3.63, 3.8) is 0 Å². The van der Waals surface area contributed by atoms with E-state index in [1.807, 2.05) is 0 Å². The summed E-state index contributed by atoms with van der Waals surface area (Å²) in [5.41, 5.74) is 10.1. The Balaban J connectivity index is 1.59. The molecule has 0 atom stereocenters. The predicted octanol–water partition coefficient (Wildman–Crippen LogP) is 3.39. The lowest BCUT2D eigenvalue weighted by atomic mass is 10.0. The number of nitro benzene ring substituents is 1. The standard InChI is InChI=1S/C20H20ClN5O4/c21-15-1-3-17(4-2-15)25(20(22)28)23-19(27)13-14-9-11-24(12-10-14)16-5-7-18(8-6-16)26(29)30/h1-8,13H,9-12H2,(H2,22,28)(H,23,27). The van der Waals surface area contributed by atoms with E-state index in [0.29, 0.717) is 36.6 Å². The zero-order chi connectivity index (χ0) is 21.7. The zero-order valence-corrected chi connectivity index (χ0v) is 16.7. The van der Waals surface area contributed by atoms with Crippen LogP contribution >= 0.6 is 11.6 Å². The van der Waals surface area contributed by atoms with E-state index >= 15 is 0 Å². The SMILES string of the molecule is NC(=O)N(NC(=O)C=C1CCN(c2ccc([N+](=O)[O-])cc2)CC1)c1ccc(Cl)cc1. The zero-order valence-electron chi connectivity index (χ0n) is 16.0. The minimum Gasteiger partial charge on any atom is -0.371 e. The van der Waals surface area contributed by atoms with Gasteiger partial charge in [-0.05, 0) is 49.2 Å². The molecular formula is C20H20ClN5O4. The summed E-state index contributed by atoms with van der Waals surface area (Å²) in [4.78, 5) is 36.5. The lowest BCUT2D eigenvalue weighted by molar-refractivity contribution is -0.384. The number of primary amides is 1. The van der Waals surface area contributed by atoms with E-state index < -0.39 is 16.9 Å². The fourth-order valence-electron chi connectivity index (χ4n) is 3.15. The number of carbonyl (C=O) groups is 2. The first-order valence-electron chi connectivity index (χ1n) is 9.18. The molecule has 1 heterocycles. The average molecular weight is 430 g/mol. The molecule has 3 N–H and O–H groups in total. The lowest BCUT2D eigenvalue weighted by Gasteiger charge is -2.30. The van der Waals surface area contributed by atoms with E-state index in [0.717, 1.165) is 16.3 Å². The van der Waals surface area contributed by atoms with Crippen molar-refractivity contribution in [3.05, 3.63) is 75.3 Å². The van der Waals surface area contributed by atoms with Crippen LogP contribution in [0.15, 0.2) is 60.2 Å². The van der Waals surface area contributed by atoms with Gasteiger partial charge < -0.3 is 10.6 Å². The Kier molecular flexibility index (Phi) is 6.53. The van der Waals surface area contributed by atoms with E-state index in [-0.39, 0.29) is 5.69 Å². The molecule has 0 spiro atoms. The van der Waals surface area contributed by atoms with Crippen LogP contribution in [0.1, 0.15) is 12.8 Å². The number of hydrogen-bond donors (Lipinski definition) is 2. The second kappa shape index (κ2) is 9.27. The Morgan fingerprint density at radius 1 is 1.10 bits per heavy atom. The van der Waals surface area contributed by atoms with Crippen LogP contribution in [0.4, 0.5) is 21.9 Å². The molecule has 0 bridgehead atoms. The molecule has 2 aromatic rings. The quantitative estimate of drug-likeness (QED) is 0.438. The smallest absolute Gasteiger partial charge is 0.338 e. The molecule has 156 valence electrons. The maximum atomic E-state index is 12.4. The number of anilines is 2. The van der Waals surface area contributed by atoms with Crippen molar-refractivity contribution in [2.24, 2.45) is 5.73 Å². The van der Waals surface area contributed by atoms with Gasteiger partial charge in [-0.3, -0.25) is 20.3 Å². The van der Waals surface area contributed by atoms with Crippen molar-refractivity contribution in [2.75, 3.05) is 23.0 Å². The van der Waals surface area contributed by atoms with Gasteiger partial charge in [0, 0.05) is 42.0 Å². The molecule has 1 fully saturated rings. The maximum Gasteiger partial charge on any atom is 0.338 e. The number of hydrazine groups is 1. The number of rotatable bonds is 4. The molecule has 10 heteroatoms. The fourth-order valence-corrected chi connectivity index (χ4v) is 3.27. The highest BCUT2D eigenvalue weighted by molar-refractivity contribution is 6.30. The van der Waals surface area contributed by atoms with Crippen LogP contribution in [0.2, 0.25) is 5.02 Å². The van der Waals surface area contributed by atoms with Gasteiger partial charge in [-0.1, -0.05) is 17.2 Å².